The molecule has 0 saturated heterocycles. The van der Waals surface area contributed by atoms with Gasteiger partial charge in [0, 0.05) is 13.6 Å². The third-order valence-corrected chi connectivity index (χ3v) is 4.98. The number of carbonyl (C=O) groups is 2. The Bertz CT molecular complexity index is 812. The number of hydrogen-bond acceptors (Lipinski definition) is 2. The topological polar surface area (TPSA) is 49.4 Å². The Balaban J connectivity index is 2.29. The van der Waals surface area contributed by atoms with E-state index in [2.05, 4.69) is 5.32 Å². The van der Waals surface area contributed by atoms with E-state index < -0.39 is 6.04 Å². The molecule has 0 fully saturated rings. The van der Waals surface area contributed by atoms with Crippen molar-refractivity contribution in [3.63, 3.8) is 0 Å². The van der Waals surface area contributed by atoms with E-state index in [9.17, 15) is 14.0 Å². The first-order valence-electron chi connectivity index (χ1n) is 8.55. The molecule has 144 valence electrons. The van der Waals surface area contributed by atoms with Gasteiger partial charge >= 0.3 is 0 Å². The highest BCUT2D eigenvalue weighted by atomic mass is 35.5. The van der Waals surface area contributed by atoms with Gasteiger partial charge in [0.25, 0.3) is 0 Å². The van der Waals surface area contributed by atoms with Gasteiger partial charge in [0.15, 0.2) is 0 Å². The maximum absolute atomic E-state index is 13.1. The van der Waals surface area contributed by atoms with Gasteiger partial charge in [0.1, 0.15) is 11.9 Å². The van der Waals surface area contributed by atoms with Crippen LogP contribution in [0.2, 0.25) is 10.0 Å². The highest BCUT2D eigenvalue weighted by Crippen LogP contribution is 2.24. The molecular formula is C20H21Cl2FN2O2. The SMILES string of the molecule is CC[C@@H](C(=O)NC)N(Cc1ccc(Cl)c(Cl)c1)C(=O)Cc1ccc(F)cc1. The fourth-order valence-corrected chi connectivity index (χ4v) is 3.12. The molecule has 0 heterocycles. The van der Waals surface area contributed by atoms with E-state index in [1.807, 2.05) is 6.92 Å². The molecule has 0 aliphatic rings. The lowest BCUT2D eigenvalue weighted by atomic mass is 10.1. The first-order chi connectivity index (χ1) is 12.8. The second-order valence-electron chi connectivity index (χ2n) is 6.11. The first-order valence-corrected chi connectivity index (χ1v) is 9.30. The molecule has 0 bridgehead atoms. The molecule has 0 aromatic heterocycles. The van der Waals surface area contributed by atoms with Crippen LogP contribution in [0.5, 0.6) is 0 Å². The smallest absolute Gasteiger partial charge is 0.242 e. The number of nitrogens with zero attached hydrogens (tertiary/aromatic N) is 1. The Morgan fingerprint density at radius 1 is 1.07 bits per heavy atom. The van der Waals surface area contributed by atoms with Gasteiger partial charge in [-0.25, -0.2) is 4.39 Å². The molecule has 1 N–H and O–H groups in total. The fourth-order valence-electron chi connectivity index (χ4n) is 2.80. The molecule has 2 rings (SSSR count). The van der Waals surface area contributed by atoms with Crippen molar-refractivity contribution in [2.75, 3.05) is 7.05 Å². The van der Waals surface area contributed by atoms with E-state index in [-0.39, 0.29) is 30.6 Å². The average molecular weight is 411 g/mol. The predicted octanol–water partition coefficient (Wildman–Crippen LogP) is 4.23. The van der Waals surface area contributed by atoms with Crippen LogP contribution < -0.4 is 5.32 Å². The monoisotopic (exact) mass is 410 g/mol. The van der Waals surface area contributed by atoms with Gasteiger partial charge in [0.2, 0.25) is 11.8 Å². The highest BCUT2D eigenvalue weighted by Gasteiger charge is 2.28. The van der Waals surface area contributed by atoms with Crippen LogP contribution in [0.15, 0.2) is 42.5 Å². The second kappa shape index (κ2) is 9.72. The van der Waals surface area contributed by atoms with E-state index in [4.69, 9.17) is 23.2 Å². The molecule has 0 radical (unpaired) electrons. The molecule has 2 aromatic rings. The molecule has 0 aliphatic heterocycles. The summed E-state index contributed by atoms with van der Waals surface area (Å²) in [7, 11) is 1.53. The van der Waals surface area contributed by atoms with Crippen molar-refractivity contribution in [1.29, 1.82) is 0 Å². The van der Waals surface area contributed by atoms with Gasteiger partial charge in [-0.2, -0.15) is 0 Å². The minimum atomic E-state index is -0.627. The van der Waals surface area contributed by atoms with Crippen molar-refractivity contribution >= 4 is 35.0 Å². The van der Waals surface area contributed by atoms with Crippen molar-refractivity contribution in [3.05, 3.63) is 69.5 Å². The Labute approximate surface area is 168 Å². The number of nitrogens with one attached hydrogen (secondary N) is 1. The Morgan fingerprint density at radius 2 is 1.70 bits per heavy atom. The van der Waals surface area contributed by atoms with E-state index in [1.54, 1.807) is 30.3 Å². The predicted molar refractivity (Wildman–Crippen MR) is 105 cm³/mol. The van der Waals surface area contributed by atoms with Crippen molar-refractivity contribution in [2.24, 2.45) is 0 Å². The van der Waals surface area contributed by atoms with Gasteiger partial charge in [-0.3, -0.25) is 9.59 Å². The molecular weight excluding hydrogens is 390 g/mol. The molecule has 2 amide bonds. The lowest BCUT2D eigenvalue weighted by molar-refractivity contribution is -0.140. The van der Waals surface area contributed by atoms with Crippen molar-refractivity contribution in [2.45, 2.75) is 32.4 Å². The zero-order valence-corrected chi connectivity index (χ0v) is 16.6. The van der Waals surface area contributed by atoms with Gasteiger partial charge in [0.05, 0.1) is 16.5 Å². The molecule has 4 nitrogen and oxygen atoms in total. The van der Waals surface area contributed by atoms with E-state index >= 15 is 0 Å². The van der Waals surface area contributed by atoms with Crippen LogP contribution in [0.3, 0.4) is 0 Å². The number of benzene rings is 2. The van der Waals surface area contributed by atoms with Crippen molar-refractivity contribution < 1.29 is 14.0 Å². The molecule has 0 unspecified atom stereocenters. The number of carbonyl (C=O) groups excluding carboxylic acids is 2. The lowest BCUT2D eigenvalue weighted by Crippen LogP contribution is -2.48. The largest absolute Gasteiger partial charge is 0.357 e. The highest BCUT2D eigenvalue weighted by molar-refractivity contribution is 6.42. The van der Waals surface area contributed by atoms with Crippen LogP contribution >= 0.6 is 23.2 Å². The molecule has 0 saturated carbocycles. The summed E-state index contributed by atoms with van der Waals surface area (Å²) in [6.45, 7) is 2.05. The summed E-state index contributed by atoms with van der Waals surface area (Å²) in [5.41, 5.74) is 1.44. The van der Waals surface area contributed by atoms with Gasteiger partial charge < -0.3 is 10.2 Å². The number of likely N-dealkylation sites (N-methyl/N-ethyl adjacent to an activating group) is 1. The van der Waals surface area contributed by atoms with Crippen molar-refractivity contribution in [3.8, 4) is 0 Å². The van der Waals surface area contributed by atoms with Crippen LogP contribution in [0.1, 0.15) is 24.5 Å². The minimum Gasteiger partial charge on any atom is -0.357 e. The fraction of sp³-hybridized carbons (Fsp3) is 0.300. The standard InChI is InChI=1S/C20H21Cl2FN2O2/c1-3-18(20(27)24-2)25(12-14-6-9-16(21)17(22)10-14)19(26)11-13-4-7-15(23)8-5-13/h4-10,18H,3,11-12H2,1-2H3,(H,24,27)/t18-/m0/s1. The normalized spacial score (nSPS) is 11.7. The summed E-state index contributed by atoms with van der Waals surface area (Å²) >= 11 is 12.0. The molecule has 7 heteroatoms. The Hall–Kier alpha value is -2.11. The van der Waals surface area contributed by atoms with Gasteiger partial charge in [-0.15, -0.1) is 0 Å². The van der Waals surface area contributed by atoms with Crippen LogP contribution in [0.25, 0.3) is 0 Å². The third kappa shape index (κ3) is 5.68. The van der Waals surface area contributed by atoms with Crippen LogP contribution in [-0.4, -0.2) is 29.8 Å². The first kappa shape index (κ1) is 21.2. The minimum absolute atomic E-state index is 0.0646. The third-order valence-electron chi connectivity index (χ3n) is 4.24. The number of amides is 2. The summed E-state index contributed by atoms with van der Waals surface area (Å²) in [6.07, 6.45) is 0.519. The summed E-state index contributed by atoms with van der Waals surface area (Å²) < 4.78 is 13.1. The maximum Gasteiger partial charge on any atom is 0.242 e. The molecule has 0 spiro atoms. The van der Waals surface area contributed by atoms with E-state index in [0.717, 1.165) is 5.56 Å². The summed E-state index contributed by atoms with van der Waals surface area (Å²) in [6, 6.07) is 10.2. The molecule has 2 aromatic carbocycles. The van der Waals surface area contributed by atoms with Crippen LogP contribution in [-0.2, 0) is 22.6 Å². The second-order valence-corrected chi connectivity index (χ2v) is 6.93. The summed E-state index contributed by atoms with van der Waals surface area (Å²) in [5, 5.41) is 3.40. The Kier molecular flexibility index (Phi) is 7.63. The maximum atomic E-state index is 13.1. The zero-order valence-electron chi connectivity index (χ0n) is 15.1. The molecule has 27 heavy (non-hydrogen) atoms. The van der Waals surface area contributed by atoms with Gasteiger partial charge in [-0.1, -0.05) is 48.3 Å². The summed E-state index contributed by atoms with van der Waals surface area (Å²) in [4.78, 5) is 26.8. The van der Waals surface area contributed by atoms with E-state index in [0.29, 0.717) is 22.0 Å². The lowest BCUT2D eigenvalue weighted by Gasteiger charge is -2.30. The van der Waals surface area contributed by atoms with Crippen LogP contribution in [0.4, 0.5) is 4.39 Å². The average Bonchev–Trinajstić information content (AvgIpc) is 2.65. The quantitative estimate of drug-likeness (QED) is 0.742. The van der Waals surface area contributed by atoms with Crippen molar-refractivity contribution in [1.82, 2.24) is 10.2 Å². The summed E-state index contributed by atoms with van der Waals surface area (Å²) in [5.74, 6) is -0.844. The molecule has 1 atom stereocenters. The van der Waals surface area contributed by atoms with Gasteiger partial charge in [-0.05, 0) is 41.8 Å². The van der Waals surface area contributed by atoms with Crippen LogP contribution in [0, 0.1) is 5.82 Å². The number of rotatable bonds is 7. The zero-order chi connectivity index (χ0) is 20.0. The number of halogens is 3. The Morgan fingerprint density at radius 3 is 2.26 bits per heavy atom. The van der Waals surface area contributed by atoms with E-state index in [1.165, 1.54) is 24.1 Å². The number of hydrogen-bond donors (Lipinski definition) is 1. The molecule has 0 aliphatic carbocycles.